The smallest absolute Gasteiger partial charge is 0.222 e. The molecule has 1 saturated heterocycles. The molecule has 1 N–H and O–H groups in total. The Kier molecular flexibility index (Phi) is 6.87. The highest BCUT2D eigenvalue weighted by Crippen LogP contribution is 2.17. The van der Waals surface area contributed by atoms with E-state index in [1.165, 1.54) is 5.56 Å². The Morgan fingerprint density at radius 3 is 2.82 bits per heavy atom. The van der Waals surface area contributed by atoms with E-state index >= 15 is 0 Å². The van der Waals surface area contributed by atoms with Crippen LogP contribution in [0.4, 0.5) is 0 Å². The molecule has 0 aliphatic carbocycles. The summed E-state index contributed by atoms with van der Waals surface area (Å²) in [5, 5.41) is 9.83. The zero-order chi connectivity index (χ0) is 15.8. The molecule has 0 saturated carbocycles. The second-order valence-corrected chi connectivity index (χ2v) is 6.12. The Morgan fingerprint density at radius 1 is 1.32 bits per heavy atom. The molecule has 1 aliphatic rings. The first-order valence-electron chi connectivity index (χ1n) is 8.24. The number of piperidine rings is 1. The van der Waals surface area contributed by atoms with Gasteiger partial charge in [-0.25, -0.2) is 0 Å². The van der Waals surface area contributed by atoms with Crippen molar-refractivity contribution < 1.29 is 14.6 Å². The molecule has 1 heterocycles. The molecular formula is C18H27NO3. The van der Waals surface area contributed by atoms with Crippen molar-refractivity contribution in [3.05, 3.63) is 35.9 Å². The first-order chi connectivity index (χ1) is 10.7. The largest absolute Gasteiger partial charge is 0.391 e. The van der Waals surface area contributed by atoms with Crippen LogP contribution in [0.5, 0.6) is 0 Å². The van der Waals surface area contributed by atoms with Crippen LogP contribution in [0.2, 0.25) is 0 Å². The van der Waals surface area contributed by atoms with E-state index in [-0.39, 0.29) is 12.0 Å². The average Bonchev–Trinajstić information content (AvgIpc) is 2.54. The van der Waals surface area contributed by atoms with E-state index in [1.54, 1.807) is 4.90 Å². The summed E-state index contributed by atoms with van der Waals surface area (Å²) in [6.45, 7) is 4.59. The predicted molar refractivity (Wildman–Crippen MR) is 86.6 cm³/mol. The molecule has 122 valence electrons. The molecule has 0 radical (unpaired) electrons. The van der Waals surface area contributed by atoms with Gasteiger partial charge in [0.15, 0.2) is 0 Å². The lowest BCUT2D eigenvalue weighted by molar-refractivity contribution is -0.135. The van der Waals surface area contributed by atoms with Gasteiger partial charge in [-0.1, -0.05) is 37.3 Å². The molecule has 22 heavy (non-hydrogen) atoms. The maximum atomic E-state index is 12.1. The highest BCUT2D eigenvalue weighted by Gasteiger charge is 2.26. The van der Waals surface area contributed by atoms with Crippen molar-refractivity contribution >= 4 is 5.91 Å². The molecule has 2 unspecified atom stereocenters. The summed E-state index contributed by atoms with van der Waals surface area (Å²) in [6, 6.07) is 10.3. The predicted octanol–water partition coefficient (Wildman–Crippen LogP) is 2.26. The van der Waals surface area contributed by atoms with Gasteiger partial charge in [-0.2, -0.15) is 0 Å². The number of aliphatic hydroxyl groups is 1. The van der Waals surface area contributed by atoms with Gasteiger partial charge in [-0.15, -0.1) is 0 Å². The minimum atomic E-state index is -0.375. The molecule has 4 heteroatoms. The van der Waals surface area contributed by atoms with Crippen LogP contribution in [-0.4, -0.2) is 48.3 Å². The van der Waals surface area contributed by atoms with Gasteiger partial charge in [-0.3, -0.25) is 4.79 Å². The number of amides is 1. The maximum Gasteiger partial charge on any atom is 0.222 e. The Balaban J connectivity index is 1.54. The van der Waals surface area contributed by atoms with Crippen molar-refractivity contribution in [2.75, 3.05) is 26.3 Å². The fourth-order valence-corrected chi connectivity index (χ4v) is 2.70. The fourth-order valence-electron chi connectivity index (χ4n) is 2.70. The number of carbonyl (C=O) groups is 1. The number of rotatable bonds is 7. The number of aliphatic hydroxyl groups excluding tert-OH is 1. The second-order valence-electron chi connectivity index (χ2n) is 6.12. The maximum absolute atomic E-state index is 12.1. The van der Waals surface area contributed by atoms with E-state index in [0.29, 0.717) is 32.1 Å². The third-order valence-corrected chi connectivity index (χ3v) is 4.33. The summed E-state index contributed by atoms with van der Waals surface area (Å²) in [4.78, 5) is 13.9. The van der Waals surface area contributed by atoms with Gasteiger partial charge in [0.25, 0.3) is 0 Å². The molecule has 1 aliphatic heterocycles. The SMILES string of the molecule is CC1CCN(C(=O)CCCOCCc2ccccc2)CC1O. The number of carbonyl (C=O) groups excluding carboxylic acids is 1. The summed E-state index contributed by atoms with van der Waals surface area (Å²) in [7, 11) is 0. The zero-order valence-electron chi connectivity index (χ0n) is 13.4. The Morgan fingerprint density at radius 2 is 2.09 bits per heavy atom. The average molecular weight is 305 g/mol. The summed E-state index contributed by atoms with van der Waals surface area (Å²) in [5.74, 6) is 0.433. The molecule has 0 spiro atoms. The Bertz CT molecular complexity index is 449. The van der Waals surface area contributed by atoms with Crippen LogP contribution in [0.15, 0.2) is 30.3 Å². The van der Waals surface area contributed by atoms with Crippen LogP contribution in [0.25, 0.3) is 0 Å². The van der Waals surface area contributed by atoms with Crippen molar-refractivity contribution in [2.24, 2.45) is 5.92 Å². The van der Waals surface area contributed by atoms with Gasteiger partial charge in [0.2, 0.25) is 5.91 Å². The van der Waals surface area contributed by atoms with E-state index < -0.39 is 0 Å². The van der Waals surface area contributed by atoms with Gasteiger partial charge in [-0.05, 0) is 30.7 Å². The highest BCUT2D eigenvalue weighted by atomic mass is 16.5. The first kappa shape index (κ1) is 17.0. The number of likely N-dealkylation sites (tertiary alicyclic amines) is 1. The minimum absolute atomic E-state index is 0.137. The molecule has 1 fully saturated rings. The topological polar surface area (TPSA) is 49.8 Å². The van der Waals surface area contributed by atoms with Crippen LogP contribution >= 0.6 is 0 Å². The van der Waals surface area contributed by atoms with E-state index in [1.807, 2.05) is 25.1 Å². The van der Waals surface area contributed by atoms with Gasteiger partial charge in [0.1, 0.15) is 0 Å². The number of hydrogen-bond donors (Lipinski definition) is 1. The molecule has 0 bridgehead atoms. The number of hydrogen-bond acceptors (Lipinski definition) is 3. The second kappa shape index (κ2) is 8.91. The summed E-state index contributed by atoms with van der Waals surface area (Å²) >= 11 is 0. The highest BCUT2D eigenvalue weighted by molar-refractivity contribution is 5.76. The fraction of sp³-hybridized carbons (Fsp3) is 0.611. The van der Waals surface area contributed by atoms with Crippen LogP contribution in [0, 0.1) is 5.92 Å². The third-order valence-electron chi connectivity index (χ3n) is 4.33. The monoisotopic (exact) mass is 305 g/mol. The quantitative estimate of drug-likeness (QED) is 0.786. The van der Waals surface area contributed by atoms with Crippen LogP contribution < -0.4 is 0 Å². The van der Waals surface area contributed by atoms with E-state index in [0.717, 1.165) is 25.8 Å². The lowest BCUT2D eigenvalue weighted by Gasteiger charge is -2.34. The number of β-amino-alcohol motifs (C(OH)–C–C–N with tert-alkyl or cyclic N) is 1. The summed E-state index contributed by atoms with van der Waals surface area (Å²) in [6.07, 6.45) is 2.67. The molecule has 2 rings (SSSR count). The molecule has 1 aromatic carbocycles. The molecule has 4 nitrogen and oxygen atoms in total. The molecule has 2 atom stereocenters. The summed E-state index contributed by atoms with van der Waals surface area (Å²) in [5.41, 5.74) is 1.27. The zero-order valence-corrected chi connectivity index (χ0v) is 13.4. The van der Waals surface area contributed by atoms with Crippen molar-refractivity contribution in [2.45, 2.75) is 38.7 Å². The van der Waals surface area contributed by atoms with E-state index in [4.69, 9.17) is 4.74 Å². The standard InChI is InChI=1S/C18H27NO3/c1-15-9-11-19(14-17(15)20)18(21)8-5-12-22-13-10-16-6-3-2-4-7-16/h2-4,6-7,15,17,20H,5,8-14H2,1H3. The Labute approximate surface area is 133 Å². The van der Waals surface area contributed by atoms with Crippen LogP contribution in [0.1, 0.15) is 31.7 Å². The molecular weight excluding hydrogens is 278 g/mol. The van der Waals surface area contributed by atoms with Crippen LogP contribution in [-0.2, 0) is 16.0 Å². The normalized spacial score (nSPS) is 21.8. The summed E-state index contributed by atoms with van der Waals surface area (Å²) < 4.78 is 5.59. The lowest BCUT2D eigenvalue weighted by Crippen LogP contribution is -2.45. The van der Waals surface area contributed by atoms with Crippen molar-refractivity contribution in [1.82, 2.24) is 4.90 Å². The van der Waals surface area contributed by atoms with Gasteiger partial charge < -0.3 is 14.7 Å². The third kappa shape index (κ3) is 5.43. The number of benzene rings is 1. The van der Waals surface area contributed by atoms with Crippen molar-refractivity contribution in [3.63, 3.8) is 0 Å². The first-order valence-corrected chi connectivity index (χ1v) is 8.24. The van der Waals surface area contributed by atoms with E-state index in [2.05, 4.69) is 12.1 Å². The van der Waals surface area contributed by atoms with Gasteiger partial charge in [0, 0.05) is 26.1 Å². The van der Waals surface area contributed by atoms with Crippen molar-refractivity contribution in [1.29, 1.82) is 0 Å². The lowest BCUT2D eigenvalue weighted by atomic mass is 9.96. The number of ether oxygens (including phenoxy) is 1. The van der Waals surface area contributed by atoms with Gasteiger partial charge >= 0.3 is 0 Å². The molecule has 1 amide bonds. The van der Waals surface area contributed by atoms with E-state index in [9.17, 15) is 9.90 Å². The van der Waals surface area contributed by atoms with Gasteiger partial charge in [0.05, 0.1) is 12.7 Å². The van der Waals surface area contributed by atoms with Crippen molar-refractivity contribution in [3.8, 4) is 0 Å². The minimum Gasteiger partial charge on any atom is -0.391 e. The Hall–Kier alpha value is -1.39. The molecule has 0 aromatic heterocycles. The number of nitrogens with zero attached hydrogens (tertiary/aromatic N) is 1. The molecule has 1 aromatic rings. The van der Waals surface area contributed by atoms with Crippen LogP contribution in [0.3, 0.4) is 0 Å².